The Morgan fingerprint density at radius 3 is 2.84 bits per heavy atom. The lowest BCUT2D eigenvalue weighted by molar-refractivity contribution is 0.0697. The number of benzene rings is 2. The monoisotopic (exact) mass is 436 g/mol. The summed E-state index contributed by atoms with van der Waals surface area (Å²) in [4.78, 5) is 30.8. The molecule has 9 heteroatoms. The van der Waals surface area contributed by atoms with Crippen molar-refractivity contribution in [1.29, 1.82) is 0 Å². The van der Waals surface area contributed by atoms with Crippen LogP contribution in [-0.2, 0) is 12.8 Å². The molecule has 0 amide bonds. The number of aromatic nitrogens is 4. The van der Waals surface area contributed by atoms with E-state index in [1.165, 1.54) is 34.6 Å². The Kier molecular flexibility index (Phi) is 4.71. The number of ether oxygens (including phenoxy) is 1. The lowest BCUT2D eigenvalue weighted by Crippen LogP contribution is -2.14. The average molecular weight is 437 g/mol. The summed E-state index contributed by atoms with van der Waals surface area (Å²) in [6.07, 6.45) is 6.70. The summed E-state index contributed by atoms with van der Waals surface area (Å²) in [5.74, 6) is 0.0897. The van der Waals surface area contributed by atoms with Gasteiger partial charge in [0.05, 0.1) is 27.7 Å². The molecule has 0 radical (unpaired) electrons. The lowest BCUT2D eigenvalue weighted by atomic mass is 9.91. The summed E-state index contributed by atoms with van der Waals surface area (Å²) in [5, 5.41) is 13.6. The predicted molar refractivity (Wildman–Crippen MR) is 115 cm³/mol. The number of fused-ring (bicyclic) bond motifs is 2. The molecule has 0 saturated carbocycles. The number of rotatable bonds is 4. The van der Waals surface area contributed by atoms with Crippen molar-refractivity contribution < 1.29 is 14.6 Å². The van der Waals surface area contributed by atoms with E-state index in [4.69, 9.17) is 21.4 Å². The van der Waals surface area contributed by atoms with Crippen molar-refractivity contribution >= 4 is 28.5 Å². The first-order valence-electron chi connectivity index (χ1n) is 9.80. The van der Waals surface area contributed by atoms with Gasteiger partial charge in [-0.25, -0.2) is 14.5 Å². The number of carboxylic acid groups (broad SMARTS) is 1. The van der Waals surface area contributed by atoms with Gasteiger partial charge in [0.25, 0.3) is 5.56 Å². The van der Waals surface area contributed by atoms with Crippen LogP contribution in [0.3, 0.4) is 0 Å². The number of aryl methyl sites for hydroxylation is 1. The predicted octanol–water partition coefficient (Wildman–Crippen LogP) is 4.13. The number of aromatic amines is 1. The van der Waals surface area contributed by atoms with Crippen molar-refractivity contribution in [3.8, 4) is 17.4 Å². The van der Waals surface area contributed by atoms with Gasteiger partial charge in [-0.2, -0.15) is 5.10 Å². The van der Waals surface area contributed by atoms with E-state index in [2.05, 4.69) is 21.1 Å². The average Bonchev–Trinajstić information content (AvgIpc) is 3.26. The van der Waals surface area contributed by atoms with Crippen LogP contribution in [0.25, 0.3) is 16.9 Å². The molecule has 0 spiro atoms. The number of aromatic carboxylic acids is 1. The van der Waals surface area contributed by atoms with Crippen molar-refractivity contribution in [2.45, 2.75) is 25.7 Å². The molecule has 2 N–H and O–H groups in total. The van der Waals surface area contributed by atoms with E-state index >= 15 is 0 Å². The van der Waals surface area contributed by atoms with Crippen LogP contribution in [-0.4, -0.2) is 30.8 Å². The third kappa shape index (κ3) is 3.55. The fourth-order valence-electron chi connectivity index (χ4n) is 3.82. The molecule has 31 heavy (non-hydrogen) atoms. The van der Waals surface area contributed by atoms with Crippen LogP contribution >= 0.6 is 11.6 Å². The van der Waals surface area contributed by atoms with E-state index < -0.39 is 11.5 Å². The van der Waals surface area contributed by atoms with Gasteiger partial charge in [-0.15, -0.1) is 0 Å². The number of carbonyl (C=O) groups is 1. The van der Waals surface area contributed by atoms with Crippen molar-refractivity contribution in [2.75, 3.05) is 0 Å². The second-order valence-corrected chi connectivity index (χ2v) is 7.78. The van der Waals surface area contributed by atoms with E-state index in [0.29, 0.717) is 21.7 Å². The van der Waals surface area contributed by atoms with Crippen molar-refractivity contribution in [1.82, 2.24) is 19.7 Å². The van der Waals surface area contributed by atoms with Gasteiger partial charge in [0.2, 0.25) is 5.95 Å². The number of nitrogens with zero attached hydrogens (tertiary/aromatic N) is 3. The first-order chi connectivity index (χ1) is 15.0. The molecular formula is C22H17ClN4O4. The number of nitrogens with one attached hydrogen (secondary N) is 1. The fourth-order valence-corrected chi connectivity index (χ4v) is 4.02. The molecule has 2 aromatic heterocycles. The molecule has 4 aromatic rings. The molecule has 2 aromatic carbocycles. The molecule has 1 aliphatic rings. The zero-order valence-electron chi connectivity index (χ0n) is 16.3. The first kappa shape index (κ1) is 19.3. The highest BCUT2D eigenvalue weighted by molar-refractivity contribution is 6.32. The maximum atomic E-state index is 12.7. The van der Waals surface area contributed by atoms with E-state index in [9.17, 15) is 9.59 Å². The summed E-state index contributed by atoms with van der Waals surface area (Å²) >= 11 is 6.46. The van der Waals surface area contributed by atoms with Gasteiger partial charge in [-0.1, -0.05) is 23.7 Å². The quantitative estimate of drug-likeness (QED) is 0.497. The molecule has 0 fully saturated rings. The Morgan fingerprint density at radius 2 is 2.03 bits per heavy atom. The van der Waals surface area contributed by atoms with Crippen LogP contribution in [0, 0.1) is 0 Å². The van der Waals surface area contributed by atoms with Gasteiger partial charge in [0, 0.05) is 6.20 Å². The Bertz CT molecular complexity index is 1390. The summed E-state index contributed by atoms with van der Waals surface area (Å²) < 4.78 is 7.31. The minimum Gasteiger partial charge on any atom is -0.478 e. The maximum absolute atomic E-state index is 12.7. The van der Waals surface area contributed by atoms with Gasteiger partial charge in [-0.3, -0.25) is 9.78 Å². The fraction of sp³-hybridized carbons (Fsp3) is 0.182. The number of halogens is 1. The van der Waals surface area contributed by atoms with E-state index in [1.54, 1.807) is 12.1 Å². The lowest BCUT2D eigenvalue weighted by Gasteiger charge is -2.19. The van der Waals surface area contributed by atoms with E-state index in [0.717, 1.165) is 25.0 Å². The molecule has 5 rings (SSSR count). The highest BCUT2D eigenvalue weighted by atomic mass is 35.5. The second kappa shape index (κ2) is 7.55. The summed E-state index contributed by atoms with van der Waals surface area (Å²) in [6, 6.07) is 9.12. The van der Waals surface area contributed by atoms with Gasteiger partial charge >= 0.3 is 5.97 Å². The number of H-pyrrole nitrogens is 1. The van der Waals surface area contributed by atoms with Crippen LogP contribution < -0.4 is 10.3 Å². The molecule has 1 aliphatic carbocycles. The third-order valence-corrected chi connectivity index (χ3v) is 5.66. The van der Waals surface area contributed by atoms with Crippen molar-refractivity contribution in [2.24, 2.45) is 0 Å². The maximum Gasteiger partial charge on any atom is 0.338 e. The highest BCUT2D eigenvalue weighted by Crippen LogP contribution is 2.36. The molecule has 0 unspecified atom stereocenters. The normalized spacial score (nSPS) is 13.2. The van der Waals surface area contributed by atoms with Gasteiger partial charge in [-0.05, 0) is 55.0 Å². The minimum atomic E-state index is -1.12. The standard InChI is InChI=1S/C22H17ClN4O4/c23-16-9-17-15(20(28)26-22(25-17)27-11-13(10-24-27)21(29)30)8-19(16)31-18-7-3-5-12-4-1-2-6-14(12)18/h3,5,7-11H,1-2,4,6H2,(H,29,30)(H,25,26,28). The molecular weight excluding hydrogens is 420 g/mol. The van der Waals surface area contributed by atoms with Gasteiger partial charge in [0.1, 0.15) is 11.5 Å². The van der Waals surface area contributed by atoms with Crippen molar-refractivity contribution in [3.63, 3.8) is 0 Å². The molecule has 2 heterocycles. The van der Waals surface area contributed by atoms with Crippen molar-refractivity contribution in [3.05, 3.63) is 74.8 Å². The van der Waals surface area contributed by atoms with Crippen LogP contribution in [0.5, 0.6) is 11.5 Å². The Hall–Kier alpha value is -3.65. The highest BCUT2D eigenvalue weighted by Gasteiger charge is 2.17. The van der Waals surface area contributed by atoms with Crippen LogP contribution in [0.15, 0.2) is 47.5 Å². The topological polar surface area (TPSA) is 110 Å². The van der Waals surface area contributed by atoms with Crippen LogP contribution in [0.2, 0.25) is 5.02 Å². The van der Waals surface area contributed by atoms with E-state index in [1.807, 2.05) is 12.1 Å². The molecule has 156 valence electrons. The van der Waals surface area contributed by atoms with Crippen LogP contribution in [0.1, 0.15) is 34.3 Å². The zero-order chi connectivity index (χ0) is 21.5. The number of hydrogen-bond acceptors (Lipinski definition) is 5. The van der Waals surface area contributed by atoms with Crippen LogP contribution in [0.4, 0.5) is 0 Å². The molecule has 8 nitrogen and oxygen atoms in total. The third-order valence-electron chi connectivity index (χ3n) is 5.37. The summed E-state index contributed by atoms with van der Waals surface area (Å²) in [5.41, 5.74) is 2.38. The number of hydrogen-bond donors (Lipinski definition) is 2. The zero-order valence-corrected chi connectivity index (χ0v) is 17.0. The van der Waals surface area contributed by atoms with Gasteiger partial charge in [0.15, 0.2) is 0 Å². The van der Waals surface area contributed by atoms with E-state index in [-0.39, 0.29) is 11.5 Å². The second-order valence-electron chi connectivity index (χ2n) is 7.37. The molecule has 0 aliphatic heterocycles. The molecule has 0 bridgehead atoms. The first-order valence-corrected chi connectivity index (χ1v) is 10.2. The minimum absolute atomic E-state index is 0.0179. The Morgan fingerprint density at radius 1 is 1.19 bits per heavy atom. The molecule has 0 saturated heterocycles. The number of carboxylic acids is 1. The Balaban J connectivity index is 1.55. The summed E-state index contributed by atoms with van der Waals surface area (Å²) in [6.45, 7) is 0. The van der Waals surface area contributed by atoms with Gasteiger partial charge < -0.3 is 9.84 Å². The SMILES string of the molecule is O=C(O)c1cnn(-c2nc3cc(Cl)c(Oc4cccc5c4CCCC5)cc3c(=O)[nH]2)c1. The largest absolute Gasteiger partial charge is 0.478 e. The molecule has 0 atom stereocenters. The summed E-state index contributed by atoms with van der Waals surface area (Å²) in [7, 11) is 0. The Labute approximate surface area is 181 Å². The smallest absolute Gasteiger partial charge is 0.338 e.